The second kappa shape index (κ2) is 45.9. The third-order valence-electron chi connectivity index (χ3n) is 19.2. The summed E-state index contributed by atoms with van der Waals surface area (Å²) in [6, 6.07) is 157. The van der Waals surface area contributed by atoms with Crippen LogP contribution in [0.25, 0.3) is 44.5 Å². The minimum absolute atomic E-state index is 0. The van der Waals surface area contributed by atoms with E-state index in [4.69, 9.17) is 38.6 Å². The van der Waals surface area contributed by atoms with E-state index < -0.39 is 31.7 Å². The first-order chi connectivity index (χ1) is 58.9. The molecule has 0 unspecified atom stereocenters. The van der Waals surface area contributed by atoms with Gasteiger partial charge >= 0.3 is 34.1 Å². The molecule has 9 nitrogen and oxygen atoms in total. The Balaban J connectivity index is 0.000000136. The van der Waals surface area contributed by atoms with E-state index in [-0.39, 0.29) is 34.1 Å². The van der Waals surface area contributed by atoms with Crippen molar-refractivity contribution >= 4 is 141 Å². The Hall–Kier alpha value is -11.3. The summed E-state index contributed by atoms with van der Waals surface area (Å²) in [6.45, 7) is 2.00. The number of hydrogen-bond acceptors (Lipinski definition) is 5. The van der Waals surface area contributed by atoms with Crippen LogP contribution in [0.4, 0.5) is 22.7 Å². The average Bonchev–Trinajstić information content (AvgIpc) is 0.801. The van der Waals surface area contributed by atoms with Crippen LogP contribution in [0.2, 0.25) is 10.0 Å². The van der Waals surface area contributed by atoms with Gasteiger partial charge in [0, 0.05) is 23.3 Å². The van der Waals surface area contributed by atoms with Gasteiger partial charge in [0.2, 0.25) is 0 Å². The number of para-hydroxylation sites is 4. The van der Waals surface area contributed by atoms with Crippen molar-refractivity contribution in [3.8, 4) is 33.9 Å². The van der Waals surface area contributed by atoms with E-state index in [1.165, 1.54) is 76.5 Å². The molecule has 0 atom stereocenters. The van der Waals surface area contributed by atoms with E-state index in [9.17, 15) is 0 Å². The Morgan fingerprint density at radius 1 is 0.248 bits per heavy atom. The van der Waals surface area contributed by atoms with Crippen LogP contribution in [0.15, 0.2) is 461 Å². The topological polar surface area (TPSA) is 98.9 Å². The number of rotatable bonds is 20. The van der Waals surface area contributed by atoms with Gasteiger partial charge in [-0.2, -0.15) is 0 Å². The summed E-state index contributed by atoms with van der Waals surface area (Å²) >= 11 is 11.9. The van der Waals surface area contributed by atoms with Crippen molar-refractivity contribution in [3.63, 3.8) is 0 Å². The van der Waals surface area contributed by atoms with E-state index in [0.717, 1.165) is 69.9 Å². The molecule has 2 aromatic heterocycles. The monoisotopic (exact) mass is 1780 g/mol. The summed E-state index contributed by atoms with van der Waals surface area (Å²) in [7, 11) is -2.66. The van der Waals surface area contributed by atoms with Crippen LogP contribution in [0.5, 0.6) is 0 Å². The number of halogens is 2. The maximum atomic E-state index is 5.94. The molecule has 0 bridgehead atoms. The molecule has 16 aromatic carbocycles. The molecule has 0 radical (unpaired) electrons. The minimum atomic E-state index is -0.664. The van der Waals surface area contributed by atoms with E-state index in [0.29, 0.717) is 10.0 Å². The smallest absolute Gasteiger partial charge is 0.657 e. The van der Waals surface area contributed by atoms with Gasteiger partial charge in [-0.3, -0.25) is 0 Å². The summed E-state index contributed by atoms with van der Waals surface area (Å²) in [5.41, 5.74) is 8.70. The summed E-state index contributed by atoms with van der Waals surface area (Å²) in [5, 5.41) is 44.7. The van der Waals surface area contributed by atoms with Crippen molar-refractivity contribution in [1.29, 1.82) is 0 Å². The van der Waals surface area contributed by atoms with E-state index in [1.807, 2.05) is 170 Å². The quantitative estimate of drug-likeness (QED) is 0.0559. The van der Waals surface area contributed by atoms with Crippen LogP contribution < -0.4 is 63.7 Å². The second-order valence-electron chi connectivity index (χ2n) is 27.3. The summed E-state index contributed by atoms with van der Waals surface area (Å²) in [4.78, 5) is 0. The van der Waals surface area contributed by atoms with E-state index in [2.05, 4.69) is 312 Å². The first-order valence-electron chi connectivity index (χ1n) is 39.4. The standard InChI is InChI=1S/2C30H24P2.2C20H14ClN4.C4H8O.2Cu/c2*1-5-15-25(16-6-1)31(26-17-7-2-8-18-26)29-23-13-14-24-30(29)32(27-19-9-3-10-20-27)28-21-11-4-12-22-28;2*21-15-10-12-16(13-11-15)22-19-9-5-4-8-18(19)20-14-25(24-23-20)17-6-2-1-3-7-17;1-2-4-5-3-1;;/h2*1-24H;2*1-14H;1-4H2;;/q;;2*-1;;2*+1. The predicted octanol–water partition coefficient (Wildman–Crippen LogP) is 23.0. The van der Waals surface area contributed by atoms with Crippen molar-refractivity contribution in [1.82, 2.24) is 30.0 Å². The molecule has 19 rings (SSSR count). The van der Waals surface area contributed by atoms with Gasteiger partial charge in [0.05, 0.1) is 23.8 Å². The molecule has 0 spiro atoms. The van der Waals surface area contributed by atoms with Crippen LogP contribution in [-0.2, 0) is 38.9 Å². The van der Waals surface area contributed by atoms with Crippen molar-refractivity contribution < 1.29 is 38.9 Å². The SMILES string of the molecule is C1CCOC1.Clc1ccc([N-]c2ccccc2-c2cn(-c3ccccc3)nn2)cc1.Clc1ccc([N-]c2ccccc2-c2cn(-c3ccccc3)nn2)cc1.[Cu+].[Cu+].c1ccc(P(c2ccccc2)c2ccccc2P(c2ccccc2)c2ccccc2)cc1.c1ccc(P(c2ccccc2)c2ccccc2P(c2ccccc2)c2ccccc2)cc1. The van der Waals surface area contributed by atoms with Gasteiger partial charge in [0.25, 0.3) is 0 Å². The van der Waals surface area contributed by atoms with Gasteiger partial charge in [-0.25, -0.2) is 9.36 Å². The van der Waals surface area contributed by atoms with Gasteiger partial charge < -0.3 is 15.4 Å². The molecule has 18 aromatic rings. The molecule has 1 aliphatic rings. The molecule has 0 saturated carbocycles. The van der Waals surface area contributed by atoms with Crippen molar-refractivity contribution in [3.05, 3.63) is 482 Å². The van der Waals surface area contributed by atoms with Crippen LogP contribution in [0.3, 0.4) is 0 Å². The van der Waals surface area contributed by atoms with Gasteiger partial charge in [0.15, 0.2) is 0 Å². The Morgan fingerprint density at radius 3 is 0.694 bits per heavy atom. The number of benzene rings is 16. The molecule has 0 amide bonds. The predicted molar refractivity (Wildman–Crippen MR) is 510 cm³/mol. The molecule has 1 saturated heterocycles. The average molecular weight is 1780 g/mol. The van der Waals surface area contributed by atoms with Crippen LogP contribution >= 0.6 is 54.9 Å². The normalized spacial score (nSPS) is 11.2. The minimum Gasteiger partial charge on any atom is -0.657 e. The number of hydrogen-bond donors (Lipinski definition) is 0. The molecule has 0 aliphatic carbocycles. The molecular weight excluding hydrogens is 1700 g/mol. The third kappa shape index (κ3) is 23.9. The maximum Gasteiger partial charge on any atom is 1.00 e. The van der Waals surface area contributed by atoms with Crippen LogP contribution in [-0.4, -0.2) is 43.2 Å². The molecule has 121 heavy (non-hydrogen) atoms. The Labute approximate surface area is 745 Å². The van der Waals surface area contributed by atoms with Gasteiger partial charge in [-0.15, -0.1) is 32.9 Å². The second-order valence-corrected chi connectivity index (χ2v) is 36.9. The fraction of sp³-hybridized carbons (Fsp3) is 0.0385. The molecule has 1 fully saturated rings. The summed E-state index contributed by atoms with van der Waals surface area (Å²) in [5.74, 6) is 0. The first-order valence-corrected chi connectivity index (χ1v) is 45.5. The fourth-order valence-electron chi connectivity index (χ4n) is 13.6. The van der Waals surface area contributed by atoms with Crippen molar-refractivity contribution in [2.75, 3.05) is 13.2 Å². The van der Waals surface area contributed by atoms with Crippen molar-refractivity contribution in [2.24, 2.45) is 0 Å². The molecule has 17 heteroatoms. The van der Waals surface area contributed by atoms with Gasteiger partial charge in [-0.05, 0) is 168 Å². The fourth-order valence-corrected chi connectivity index (χ4v) is 24.4. The third-order valence-corrected chi connectivity index (χ3v) is 30.1. The Morgan fingerprint density at radius 2 is 0.463 bits per heavy atom. The summed E-state index contributed by atoms with van der Waals surface area (Å²) < 4.78 is 8.46. The van der Waals surface area contributed by atoms with E-state index in [1.54, 1.807) is 9.36 Å². The molecule has 3 heterocycles. The van der Waals surface area contributed by atoms with E-state index >= 15 is 0 Å². The van der Waals surface area contributed by atoms with Gasteiger partial charge in [0.1, 0.15) is 11.4 Å². The number of aromatic nitrogens is 6. The first kappa shape index (κ1) is 87.5. The Kier molecular flexibility index (Phi) is 33.2. The molecular formula is C104H84Cl2Cu2N8OP4. The van der Waals surface area contributed by atoms with Crippen LogP contribution in [0, 0.1) is 0 Å². The van der Waals surface area contributed by atoms with Crippen LogP contribution in [0.1, 0.15) is 12.8 Å². The van der Waals surface area contributed by atoms with Gasteiger partial charge in [-0.1, -0.05) is 434 Å². The zero-order valence-electron chi connectivity index (χ0n) is 65.8. The number of ether oxygens (including phenoxy) is 1. The zero-order chi connectivity index (χ0) is 80.8. The summed E-state index contributed by atoms with van der Waals surface area (Å²) in [6.07, 6.45) is 6.37. The largest absolute Gasteiger partial charge is 1.00 e. The Bertz CT molecular complexity index is 5330. The zero-order valence-corrected chi connectivity index (χ0v) is 72.8. The molecule has 0 N–H and O–H groups in total. The molecule has 1 aliphatic heterocycles. The van der Waals surface area contributed by atoms with Crippen molar-refractivity contribution in [2.45, 2.75) is 12.8 Å². The molecule has 602 valence electrons. The maximum absolute atomic E-state index is 5.94. The number of nitrogens with zero attached hydrogens (tertiary/aromatic N) is 8.